The van der Waals surface area contributed by atoms with Crippen LogP contribution in [-0.2, 0) is 0 Å². The molecular weight excluding hydrogens is 220 g/mol. The molecule has 0 aliphatic carbocycles. The van der Waals surface area contributed by atoms with Crippen molar-refractivity contribution in [2.45, 2.75) is 18.8 Å². The molecule has 2 nitrogen and oxygen atoms in total. The Morgan fingerprint density at radius 2 is 2.25 bits per heavy atom. The smallest absolute Gasteiger partial charge is 0.0471 e. The van der Waals surface area contributed by atoms with E-state index in [0.29, 0.717) is 5.92 Å². The molecule has 0 spiro atoms. The van der Waals surface area contributed by atoms with Gasteiger partial charge in [-0.3, -0.25) is 0 Å². The van der Waals surface area contributed by atoms with Gasteiger partial charge in [-0.25, -0.2) is 0 Å². The van der Waals surface area contributed by atoms with Gasteiger partial charge in [0, 0.05) is 28.7 Å². The van der Waals surface area contributed by atoms with Gasteiger partial charge in [0.25, 0.3) is 0 Å². The van der Waals surface area contributed by atoms with Gasteiger partial charge >= 0.3 is 0 Å². The molecule has 2 N–H and O–H groups in total. The van der Waals surface area contributed by atoms with E-state index in [0.717, 1.165) is 23.6 Å². The third-order valence-corrected chi connectivity index (χ3v) is 3.65. The van der Waals surface area contributed by atoms with Crippen molar-refractivity contribution in [3.8, 4) is 0 Å². The number of H-pyrrole nitrogens is 1. The van der Waals surface area contributed by atoms with Crippen LogP contribution in [0.4, 0.5) is 0 Å². The summed E-state index contributed by atoms with van der Waals surface area (Å²) in [5, 5.41) is 5.57. The quantitative estimate of drug-likeness (QED) is 0.779. The maximum absolute atomic E-state index is 5.98. The second-order valence-electron chi connectivity index (χ2n) is 4.48. The molecule has 1 saturated heterocycles. The van der Waals surface area contributed by atoms with Gasteiger partial charge in [-0.1, -0.05) is 17.7 Å². The molecule has 16 heavy (non-hydrogen) atoms. The molecule has 1 unspecified atom stereocenters. The van der Waals surface area contributed by atoms with Crippen molar-refractivity contribution in [3.05, 3.63) is 35.0 Å². The van der Waals surface area contributed by atoms with Crippen molar-refractivity contribution in [2.24, 2.45) is 0 Å². The predicted octanol–water partition coefficient (Wildman–Crippen LogP) is 3.29. The van der Waals surface area contributed by atoms with Crippen LogP contribution in [0.5, 0.6) is 0 Å². The standard InChI is InChI=1S/C13H15ClN2/c14-10-3-4-11-12(8-16-13(11)6-10)9-2-1-5-15-7-9/h3-4,6,8-9,15-16H,1-2,5,7H2. The SMILES string of the molecule is Clc1ccc2c(C3CCCNC3)c[nH]c2c1. The van der Waals surface area contributed by atoms with Gasteiger partial charge in [-0.2, -0.15) is 0 Å². The molecule has 3 heteroatoms. The summed E-state index contributed by atoms with van der Waals surface area (Å²) in [6.07, 6.45) is 4.69. The zero-order valence-corrected chi connectivity index (χ0v) is 9.85. The lowest BCUT2D eigenvalue weighted by molar-refractivity contribution is 0.463. The van der Waals surface area contributed by atoms with Crippen molar-refractivity contribution >= 4 is 22.5 Å². The number of hydrogen-bond acceptors (Lipinski definition) is 1. The first-order valence-electron chi connectivity index (χ1n) is 5.82. The van der Waals surface area contributed by atoms with Gasteiger partial charge in [0.2, 0.25) is 0 Å². The summed E-state index contributed by atoms with van der Waals surface area (Å²) < 4.78 is 0. The molecular formula is C13H15ClN2. The van der Waals surface area contributed by atoms with E-state index in [2.05, 4.69) is 22.6 Å². The normalized spacial score (nSPS) is 21.4. The molecule has 0 amide bonds. The second kappa shape index (κ2) is 4.11. The van der Waals surface area contributed by atoms with Gasteiger partial charge in [0.05, 0.1) is 0 Å². The maximum atomic E-state index is 5.98. The molecule has 1 aromatic carbocycles. The molecule has 1 aromatic heterocycles. The molecule has 1 fully saturated rings. The molecule has 1 aliphatic heterocycles. The van der Waals surface area contributed by atoms with Crippen molar-refractivity contribution < 1.29 is 0 Å². The average Bonchev–Trinajstić information content (AvgIpc) is 2.73. The largest absolute Gasteiger partial charge is 0.361 e. The van der Waals surface area contributed by atoms with Crippen LogP contribution in [0.15, 0.2) is 24.4 Å². The Morgan fingerprint density at radius 1 is 1.31 bits per heavy atom. The van der Waals surface area contributed by atoms with E-state index >= 15 is 0 Å². The highest BCUT2D eigenvalue weighted by Crippen LogP contribution is 2.30. The van der Waals surface area contributed by atoms with Crippen molar-refractivity contribution in [1.82, 2.24) is 10.3 Å². The fourth-order valence-corrected chi connectivity index (χ4v) is 2.75. The highest BCUT2D eigenvalue weighted by atomic mass is 35.5. The Bertz CT molecular complexity index is 498. The number of piperidine rings is 1. The fraction of sp³-hybridized carbons (Fsp3) is 0.385. The maximum Gasteiger partial charge on any atom is 0.0471 e. The van der Waals surface area contributed by atoms with E-state index in [1.807, 2.05) is 12.1 Å². The Labute approximate surface area is 100.0 Å². The highest BCUT2D eigenvalue weighted by Gasteiger charge is 2.18. The zero-order chi connectivity index (χ0) is 11.0. The molecule has 1 atom stereocenters. The lowest BCUT2D eigenvalue weighted by Crippen LogP contribution is -2.28. The minimum Gasteiger partial charge on any atom is -0.361 e. The molecule has 0 saturated carbocycles. The molecule has 3 rings (SSSR count). The van der Waals surface area contributed by atoms with E-state index in [1.165, 1.54) is 23.8 Å². The van der Waals surface area contributed by atoms with E-state index in [9.17, 15) is 0 Å². The van der Waals surface area contributed by atoms with Crippen LogP contribution >= 0.6 is 11.6 Å². The summed E-state index contributed by atoms with van der Waals surface area (Å²) in [6, 6.07) is 6.09. The minimum atomic E-state index is 0.642. The van der Waals surface area contributed by atoms with E-state index < -0.39 is 0 Å². The van der Waals surface area contributed by atoms with Gasteiger partial charge in [-0.15, -0.1) is 0 Å². The Balaban J connectivity index is 2.03. The molecule has 2 heterocycles. The summed E-state index contributed by atoms with van der Waals surface area (Å²) in [5.41, 5.74) is 2.58. The first kappa shape index (κ1) is 10.2. The zero-order valence-electron chi connectivity index (χ0n) is 9.09. The first-order chi connectivity index (χ1) is 7.84. The molecule has 84 valence electrons. The van der Waals surface area contributed by atoms with Crippen molar-refractivity contribution in [2.75, 3.05) is 13.1 Å². The first-order valence-corrected chi connectivity index (χ1v) is 6.19. The third kappa shape index (κ3) is 1.72. The topological polar surface area (TPSA) is 27.8 Å². The van der Waals surface area contributed by atoms with Crippen LogP contribution in [0.2, 0.25) is 5.02 Å². The summed E-state index contributed by atoms with van der Waals surface area (Å²) in [7, 11) is 0. The van der Waals surface area contributed by atoms with E-state index in [4.69, 9.17) is 11.6 Å². The Hall–Kier alpha value is -0.990. The van der Waals surface area contributed by atoms with Crippen LogP contribution in [0.25, 0.3) is 10.9 Å². The molecule has 1 aliphatic rings. The van der Waals surface area contributed by atoms with Gasteiger partial charge < -0.3 is 10.3 Å². The van der Waals surface area contributed by atoms with Gasteiger partial charge in [0.1, 0.15) is 0 Å². The van der Waals surface area contributed by atoms with Crippen LogP contribution in [0.3, 0.4) is 0 Å². The number of rotatable bonds is 1. The molecule has 0 bridgehead atoms. The second-order valence-corrected chi connectivity index (χ2v) is 4.91. The molecule has 0 radical (unpaired) electrons. The number of hydrogen-bond donors (Lipinski definition) is 2. The lowest BCUT2D eigenvalue weighted by atomic mass is 9.91. The number of benzene rings is 1. The minimum absolute atomic E-state index is 0.642. The van der Waals surface area contributed by atoms with E-state index in [1.54, 1.807) is 0 Å². The Morgan fingerprint density at radius 3 is 3.06 bits per heavy atom. The number of halogens is 1. The van der Waals surface area contributed by atoms with Crippen molar-refractivity contribution in [3.63, 3.8) is 0 Å². The number of fused-ring (bicyclic) bond motifs is 1. The number of nitrogens with one attached hydrogen (secondary N) is 2. The summed E-state index contributed by atoms with van der Waals surface area (Å²) in [4.78, 5) is 3.31. The molecule has 2 aromatic rings. The number of aromatic amines is 1. The van der Waals surface area contributed by atoms with Crippen molar-refractivity contribution in [1.29, 1.82) is 0 Å². The number of aromatic nitrogens is 1. The lowest BCUT2D eigenvalue weighted by Gasteiger charge is -2.22. The summed E-state index contributed by atoms with van der Waals surface area (Å²) in [5.74, 6) is 0.642. The van der Waals surface area contributed by atoms with Crippen LogP contribution in [0, 0.1) is 0 Å². The highest BCUT2D eigenvalue weighted by molar-refractivity contribution is 6.31. The van der Waals surface area contributed by atoms with E-state index in [-0.39, 0.29) is 0 Å². The predicted molar refractivity (Wildman–Crippen MR) is 68.2 cm³/mol. The average molecular weight is 235 g/mol. The van der Waals surface area contributed by atoms with Crippen LogP contribution in [-0.4, -0.2) is 18.1 Å². The Kier molecular flexibility index (Phi) is 2.62. The third-order valence-electron chi connectivity index (χ3n) is 3.41. The summed E-state index contributed by atoms with van der Waals surface area (Å²) >= 11 is 5.98. The summed E-state index contributed by atoms with van der Waals surface area (Å²) in [6.45, 7) is 2.25. The fourth-order valence-electron chi connectivity index (χ4n) is 2.58. The van der Waals surface area contributed by atoms with Crippen LogP contribution in [0.1, 0.15) is 24.3 Å². The van der Waals surface area contributed by atoms with Gasteiger partial charge in [0.15, 0.2) is 0 Å². The van der Waals surface area contributed by atoms with Crippen LogP contribution < -0.4 is 5.32 Å². The van der Waals surface area contributed by atoms with Gasteiger partial charge in [-0.05, 0) is 43.0 Å². The monoisotopic (exact) mass is 234 g/mol.